The number of thiazole rings is 1. The zero-order chi connectivity index (χ0) is 21.4. The molecule has 3 aromatic rings. The van der Waals surface area contributed by atoms with E-state index in [0.29, 0.717) is 23.3 Å². The summed E-state index contributed by atoms with van der Waals surface area (Å²) in [5.74, 6) is 0.860. The van der Waals surface area contributed by atoms with Crippen LogP contribution in [-0.4, -0.2) is 46.3 Å². The lowest BCUT2D eigenvalue weighted by Gasteiger charge is -2.38. The Morgan fingerprint density at radius 3 is 2.74 bits per heavy atom. The summed E-state index contributed by atoms with van der Waals surface area (Å²) in [7, 11) is 0. The normalized spacial score (nSPS) is 19.1. The molecule has 5 rings (SSSR count). The highest BCUT2D eigenvalue weighted by Gasteiger charge is 2.34. The van der Waals surface area contributed by atoms with Gasteiger partial charge in [-0.1, -0.05) is 18.2 Å². The van der Waals surface area contributed by atoms with E-state index in [0.717, 1.165) is 53.3 Å². The molecule has 0 spiro atoms. The lowest BCUT2D eigenvalue weighted by atomic mass is 9.77. The van der Waals surface area contributed by atoms with E-state index >= 15 is 0 Å². The van der Waals surface area contributed by atoms with Crippen molar-refractivity contribution in [3.8, 4) is 10.6 Å². The number of aromatic nitrogens is 2. The molecule has 0 aliphatic carbocycles. The number of nitrogens with zero attached hydrogens (tertiary/aromatic N) is 3. The second-order valence-corrected chi connectivity index (χ2v) is 9.21. The van der Waals surface area contributed by atoms with Crippen molar-refractivity contribution in [1.29, 1.82) is 0 Å². The molecular weight excluding hydrogens is 408 g/mol. The van der Waals surface area contributed by atoms with Gasteiger partial charge < -0.3 is 10.2 Å². The van der Waals surface area contributed by atoms with Crippen LogP contribution in [-0.2, 0) is 0 Å². The van der Waals surface area contributed by atoms with Crippen molar-refractivity contribution < 1.29 is 9.59 Å². The third-order valence-electron chi connectivity index (χ3n) is 6.38. The highest BCUT2D eigenvalue weighted by molar-refractivity contribution is 7.17. The summed E-state index contributed by atoms with van der Waals surface area (Å²) in [5.41, 5.74) is 3.65. The van der Waals surface area contributed by atoms with E-state index in [9.17, 15) is 9.59 Å². The number of nitrogens with one attached hydrogen (secondary N) is 1. The summed E-state index contributed by atoms with van der Waals surface area (Å²) < 4.78 is 0. The quantitative estimate of drug-likeness (QED) is 0.681. The highest BCUT2D eigenvalue weighted by atomic mass is 32.1. The van der Waals surface area contributed by atoms with E-state index in [1.165, 1.54) is 11.3 Å². The number of fused-ring (bicyclic) bond motifs is 1. The summed E-state index contributed by atoms with van der Waals surface area (Å²) in [6.07, 6.45) is 5.39. The largest absolute Gasteiger partial charge is 0.351 e. The van der Waals surface area contributed by atoms with Gasteiger partial charge in [0.1, 0.15) is 9.88 Å². The Labute approximate surface area is 185 Å². The van der Waals surface area contributed by atoms with Gasteiger partial charge in [0.05, 0.1) is 5.69 Å². The third-order valence-corrected chi connectivity index (χ3v) is 7.58. The van der Waals surface area contributed by atoms with Gasteiger partial charge in [-0.05, 0) is 49.4 Å². The number of pyridine rings is 1. The van der Waals surface area contributed by atoms with E-state index in [-0.39, 0.29) is 11.8 Å². The molecule has 0 unspecified atom stereocenters. The molecule has 2 aliphatic rings. The predicted octanol–water partition coefficient (Wildman–Crippen LogP) is 3.89. The molecule has 0 bridgehead atoms. The lowest BCUT2D eigenvalue weighted by Crippen LogP contribution is -2.43. The number of likely N-dealkylation sites (tertiary alicyclic amines) is 1. The Balaban J connectivity index is 1.28. The van der Waals surface area contributed by atoms with Crippen LogP contribution in [0.3, 0.4) is 0 Å². The average molecular weight is 433 g/mol. The van der Waals surface area contributed by atoms with Crippen molar-refractivity contribution in [2.24, 2.45) is 5.92 Å². The van der Waals surface area contributed by atoms with Gasteiger partial charge in [0.15, 0.2) is 0 Å². The molecule has 7 heteroatoms. The minimum Gasteiger partial charge on any atom is -0.351 e. The topological polar surface area (TPSA) is 75.2 Å². The molecule has 0 saturated carbocycles. The van der Waals surface area contributed by atoms with Crippen LogP contribution in [0.4, 0.5) is 0 Å². The van der Waals surface area contributed by atoms with Gasteiger partial charge in [0.2, 0.25) is 0 Å². The fourth-order valence-electron chi connectivity index (χ4n) is 4.71. The van der Waals surface area contributed by atoms with Crippen LogP contribution in [0.1, 0.15) is 50.0 Å². The number of benzene rings is 1. The minimum atomic E-state index is 0.0181. The van der Waals surface area contributed by atoms with Crippen LogP contribution in [0.5, 0.6) is 0 Å². The molecule has 0 radical (unpaired) electrons. The first-order valence-corrected chi connectivity index (χ1v) is 11.5. The van der Waals surface area contributed by atoms with Crippen LogP contribution in [0.15, 0.2) is 48.8 Å². The van der Waals surface area contributed by atoms with Crippen LogP contribution >= 0.6 is 11.3 Å². The zero-order valence-electron chi connectivity index (χ0n) is 17.4. The standard InChI is InChI=1S/C24H24N4O2S/c1-15-21(31-23(27-15)17-5-4-10-25-13-17)24(30)28-11-8-16(9-12-28)20-14-26-22(29)19-7-3-2-6-18(19)20/h2-7,10,13,16,20H,8-9,11-12,14H2,1H3,(H,26,29)/t20-/m0/s1. The van der Waals surface area contributed by atoms with Crippen LogP contribution in [0.25, 0.3) is 10.6 Å². The van der Waals surface area contributed by atoms with E-state index in [1.54, 1.807) is 12.4 Å². The number of carbonyl (C=O) groups is 2. The number of piperidine rings is 1. The van der Waals surface area contributed by atoms with Crippen molar-refractivity contribution >= 4 is 23.2 Å². The number of hydrogen-bond acceptors (Lipinski definition) is 5. The first kappa shape index (κ1) is 19.9. The molecule has 2 aliphatic heterocycles. The lowest BCUT2D eigenvalue weighted by molar-refractivity contribution is 0.0678. The molecule has 1 N–H and O–H groups in total. The van der Waals surface area contributed by atoms with Gasteiger partial charge in [0, 0.05) is 49.1 Å². The maximum absolute atomic E-state index is 13.2. The van der Waals surface area contributed by atoms with Crippen molar-refractivity contribution in [3.05, 3.63) is 70.5 Å². The van der Waals surface area contributed by atoms with Gasteiger partial charge in [-0.3, -0.25) is 14.6 Å². The molecule has 6 nitrogen and oxygen atoms in total. The predicted molar refractivity (Wildman–Crippen MR) is 120 cm³/mol. The SMILES string of the molecule is Cc1nc(-c2cccnc2)sc1C(=O)N1CCC([C@@H]2CNC(=O)c3ccccc32)CC1. The molecule has 2 amide bonds. The Morgan fingerprint density at radius 2 is 1.97 bits per heavy atom. The van der Waals surface area contributed by atoms with Crippen molar-refractivity contribution in [2.75, 3.05) is 19.6 Å². The second kappa shape index (κ2) is 8.23. The zero-order valence-corrected chi connectivity index (χ0v) is 18.2. The van der Waals surface area contributed by atoms with Gasteiger partial charge in [-0.25, -0.2) is 4.98 Å². The summed E-state index contributed by atoms with van der Waals surface area (Å²) >= 11 is 1.44. The van der Waals surface area contributed by atoms with Crippen LogP contribution in [0, 0.1) is 12.8 Å². The number of amides is 2. The summed E-state index contributed by atoms with van der Waals surface area (Å²) in [6, 6.07) is 11.8. The monoisotopic (exact) mass is 432 g/mol. The summed E-state index contributed by atoms with van der Waals surface area (Å²) in [4.78, 5) is 36.8. The van der Waals surface area contributed by atoms with Crippen LogP contribution in [0.2, 0.25) is 0 Å². The molecule has 2 aromatic heterocycles. The van der Waals surface area contributed by atoms with Gasteiger partial charge in [-0.15, -0.1) is 11.3 Å². The summed E-state index contributed by atoms with van der Waals surface area (Å²) in [6.45, 7) is 4.04. The maximum Gasteiger partial charge on any atom is 0.265 e. The van der Waals surface area contributed by atoms with Gasteiger partial charge >= 0.3 is 0 Å². The molecule has 1 aromatic carbocycles. The average Bonchev–Trinajstić information content (AvgIpc) is 3.21. The summed E-state index contributed by atoms with van der Waals surface area (Å²) in [5, 5.41) is 3.87. The Kier molecular flexibility index (Phi) is 5.28. The number of rotatable bonds is 3. The number of carbonyl (C=O) groups excluding carboxylic acids is 2. The number of hydrogen-bond donors (Lipinski definition) is 1. The first-order chi connectivity index (χ1) is 15.1. The molecular formula is C24H24N4O2S. The van der Waals surface area contributed by atoms with E-state index in [1.807, 2.05) is 42.2 Å². The van der Waals surface area contributed by atoms with Gasteiger partial charge in [-0.2, -0.15) is 0 Å². The molecule has 4 heterocycles. The van der Waals surface area contributed by atoms with E-state index in [4.69, 9.17) is 0 Å². The first-order valence-electron chi connectivity index (χ1n) is 10.7. The van der Waals surface area contributed by atoms with Gasteiger partial charge in [0.25, 0.3) is 11.8 Å². The second-order valence-electron chi connectivity index (χ2n) is 8.21. The Morgan fingerprint density at radius 1 is 1.16 bits per heavy atom. The van der Waals surface area contributed by atoms with Crippen molar-refractivity contribution in [1.82, 2.24) is 20.2 Å². The van der Waals surface area contributed by atoms with Crippen LogP contribution < -0.4 is 5.32 Å². The van der Waals surface area contributed by atoms with Crippen molar-refractivity contribution in [2.45, 2.75) is 25.7 Å². The highest BCUT2D eigenvalue weighted by Crippen LogP contribution is 2.37. The smallest absolute Gasteiger partial charge is 0.265 e. The fraction of sp³-hybridized carbons (Fsp3) is 0.333. The Bertz CT molecular complexity index is 1120. The minimum absolute atomic E-state index is 0.0181. The number of aryl methyl sites for hydroxylation is 1. The molecule has 1 fully saturated rings. The molecule has 31 heavy (non-hydrogen) atoms. The molecule has 1 saturated heterocycles. The van der Waals surface area contributed by atoms with E-state index in [2.05, 4.69) is 21.4 Å². The maximum atomic E-state index is 13.2. The van der Waals surface area contributed by atoms with Crippen molar-refractivity contribution in [3.63, 3.8) is 0 Å². The molecule has 158 valence electrons. The Hall–Kier alpha value is -3.06. The third kappa shape index (κ3) is 3.74. The van der Waals surface area contributed by atoms with E-state index < -0.39 is 0 Å². The fourth-order valence-corrected chi connectivity index (χ4v) is 5.74. The molecule has 1 atom stereocenters.